The van der Waals surface area contributed by atoms with Crippen LogP contribution < -0.4 is 11.1 Å². The summed E-state index contributed by atoms with van der Waals surface area (Å²) in [6, 6.07) is 25.2. The Bertz CT molecular complexity index is 1550. The first-order valence-corrected chi connectivity index (χ1v) is 10.9. The minimum atomic E-state index is -0.520. The number of carbonyl (C=O) groups excluding carboxylic acids is 2. The summed E-state index contributed by atoms with van der Waals surface area (Å²) < 4.78 is 0. The summed E-state index contributed by atoms with van der Waals surface area (Å²) in [6.45, 7) is 0. The molecule has 4 N–H and O–H groups in total. The van der Waals surface area contributed by atoms with E-state index < -0.39 is 5.91 Å². The van der Waals surface area contributed by atoms with E-state index in [1.54, 1.807) is 18.5 Å². The van der Waals surface area contributed by atoms with E-state index in [4.69, 9.17) is 5.73 Å². The molecule has 0 aliphatic carbocycles. The number of aromatic amines is 1. The Morgan fingerprint density at radius 3 is 2.50 bits per heavy atom. The monoisotopic (exact) mass is 446 g/mol. The second kappa shape index (κ2) is 9.03. The van der Waals surface area contributed by atoms with Crippen molar-refractivity contribution >= 4 is 51.0 Å². The highest BCUT2D eigenvalue weighted by Gasteiger charge is 2.12. The van der Waals surface area contributed by atoms with Crippen LogP contribution in [0.3, 0.4) is 0 Å². The molecule has 0 unspecified atom stereocenters. The maximum Gasteiger partial charge on any atom is 0.249 e. The van der Waals surface area contributed by atoms with Gasteiger partial charge in [0, 0.05) is 22.7 Å². The van der Waals surface area contributed by atoms with Crippen molar-refractivity contribution in [1.29, 1.82) is 0 Å². The average molecular weight is 447 g/mol. The van der Waals surface area contributed by atoms with Crippen LogP contribution in [0.15, 0.2) is 91.3 Å². The molecule has 166 valence electrons. The van der Waals surface area contributed by atoms with Gasteiger partial charge in [0.1, 0.15) is 5.65 Å². The lowest BCUT2D eigenvalue weighted by Gasteiger charge is -2.07. The Labute approximate surface area is 196 Å². The van der Waals surface area contributed by atoms with Gasteiger partial charge in [-0.15, -0.1) is 0 Å². The zero-order valence-electron chi connectivity index (χ0n) is 18.3. The molecule has 0 fully saturated rings. The second-order valence-corrected chi connectivity index (χ2v) is 8.06. The molecule has 2 amide bonds. The third-order valence-corrected chi connectivity index (χ3v) is 5.68. The van der Waals surface area contributed by atoms with Crippen LogP contribution in [-0.4, -0.2) is 21.8 Å². The molecule has 0 aliphatic heterocycles. The van der Waals surface area contributed by atoms with Crippen LogP contribution in [-0.2, 0) is 16.0 Å². The Hall–Kier alpha value is -4.71. The van der Waals surface area contributed by atoms with E-state index >= 15 is 0 Å². The summed E-state index contributed by atoms with van der Waals surface area (Å²) in [4.78, 5) is 32.3. The van der Waals surface area contributed by atoms with Crippen LogP contribution in [0.2, 0.25) is 0 Å². The summed E-state index contributed by atoms with van der Waals surface area (Å²) >= 11 is 0. The van der Waals surface area contributed by atoms with Crippen molar-refractivity contribution in [3.63, 3.8) is 0 Å². The van der Waals surface area contributed by atoms with E-state index in [0.717, 1.165) is 32.8 Å². The summed E-state index contributed by atoms with van der Waals surface area (Å²) in [6.07, 6.45) is 5.36. The molecular formula is C28H22N4O2. The normalized spacial score (nSPS) is 11.6. The van der Waals surface area contributed by atoms with Crippen LogP contribution in [0.25, 0.3) is 33.5 Å². The molecule has 6 nitrogen and oxygen atoms in total. The SMILES string of the molecule is NC(=O)C(=Cc1c[nH]c2ncc(NC(=O)Cc3ccc4ccccc4c3)cc12)c1ccccc1. The van der Waals surface area contributed by atoms with Gasteiger partial charge in [-0.3, -0.25) is 9.59 Å². The number of anilines is 1. The predicted molar refractivity (Wildman–Crippen MR) is 136 cm³/mol. The van der Waals surface area contributed by atoms with E-state index in [2.05, 4.69) is 15.3 Å². The fourth-order valence-corrected chi connectivity index (χ4v) is 4.02. The van der Waals surface area contributed by atoms with E-state index in [0.29, 0.717) is 16.9 Å². The number of hydrogen-bond donors (Lipinski definition) is 3. The molecule has 34 heavy (non-hydrogen) atoms. The van der Waals surface area contributed by atoms with Crippen LogP contribution in [0, 0.1) is 0 Å². The highest BCUT2D eigenvalue weighted by Crippen LogP contribution is 2.25. The van der Waals surface area contributed by atoms with Gasteiger partial charge in [-0.05, 0) is 34.0 Å². The first-order valence-electron chi connectivity index (χ1n) is 10.9. The molecule has 5 rings (SSSR count). The number of aromatic nitrogens is 2. The van der Waals surface area contributed by atoms with Crippen molar-refractivity contribution < 1.29 is 9.59 Å². The van der Waals surface area contributed by atoms with Gasteiger partial charge < -0.3 is 16.0 Å². The first kappa shape index (κ1) is 21.2. The number of carbonyl (C=O) groups is 2. The third-order valence-electron chi connectivity index (χ3n) is 5.68. The Balaban J connectivity index is 1.40. The minimum Gasteiger partial charge on any atom is -0.366 e. The number of fused-ring (bicyclic) bond motifs is 2. The quantitative estimate of drug-likeness (QED) is 0.323. The molecule has 0 saturated carbocycles. The Morgan fingerprint density at radius 2 is 1.71 bits per heavy atom. The van der Waals surface area contributed by atoms with Gasteiger partial charge in [0.25, 0.3) is 0 Å². The predicted octanol–water partition coefficient (Wildman–Crippen LogP) is 4.92. The van der Waals surface area contributed by atoms with Gasteiger partial charge in [-0.2, -0.15) is 0 Å². The van der Waals surface area contributed by atoms with Crippen LogP contribution in [0.5, 0.6) is 0 Å². The van der Waals surface area contributed by atoms with Crippen molar-refractivity contribution in [2.45, 2.75) is 6.42 Å². The molecule has 0 radical (unpaired) electrons. The molecule has 0 spiro atoms. The number of benzene rings is 3. The zero-order valence-corrected chi connectivity index (χ0v) is 18.3. The molecule has 0 bridgehead atoms. The minimum absolute atomic E-state index is 0.133. The molecule has 3 aromatic carbocycles. The lowest BCUT2D eigenvalue weighted by Crippen LogP contribution is -2.14. The second-order valence-electron chi connectivity index (χ2n) is 8.06. The maximum atomic E-state index is 12.7. The zero-order chi connectivity index (χ0) is 23.5. The lowest BCUT2D eigenvalue weighted by atomic mass is 10.0. The van der Waals surface area contributed by atoms with E-state index in [9.17, 15) is 9.59 Å². The van der Waals surface area contributed by atoms with E-state index in [1.807, 2.05) is 78.9 Å². The fraction of sp³-hybridized carbons (Fsp3) is 0.0357. The molecule has 2 heterocycles. The maximum absolute atomic E-state index is 12.7. The summed E-state index contributed by atoms with van der Waals surface area (Å²) in [5.74, 6) is -0.653. The largest absolute Gasteiger partial charge is 0.366 e. The molecule has 0 saturated heterocycles. The summed E-state index contributed by atoms with van der Waals surface area (Å²) in [5.41, 5.74) is 9.69. The number of rotatable bonds is 6. The van der Waals surface area contributed by atoms with E-state index in [-0.39, 0.29) is 12.3 Å². The third kappa shape index (κ3) is 4.42. The number of H-pyrrole nitrogens is 1. The highest BCUT2D eigenvalue weighted by atomic mass is 16.2. The van der Waals surface area contributed by atoms with Crippen LogP contribution >= 0.6 is 0 Å². The van der Waals surface area contributed by atoms with Crippen molar-refractivity contribution in [3.8, 4) is 0 Å². The smallest absolute Gasteiger partial charge is 0.249 e. The highest BCUT2D eigenvalue weighted by molar-refractivity contribution is 6.24. The van der Waals surface area contributed by atoms with Gasteiger partial charge >= 0.3 is 0 Å². The molecule has 6 heteroatoms. The molecule has 5 aromatic rings. The summed E-state index contributed by atoms with van der Waals surface area (Å²) in [7, 11) is 0. The van der Waals surface area contributed by atoms with Crippen LogP contribution in [0.4, 0.5) is 5.69 Å². The number of nitrogens with zero attached hydrogens (tertiary/aromatic N) is 1. The fourth-order valence-electron chi connectivity index (χ4n) is 4.02. The van der Waals surface area contributed by atoms with Crippen LogP contribution in [0.1, 0.15) is 16.7 Å². The number of amides is 2. The number of nitrogens with two attached hydrogens (primary N) is 1. The average Bonchev–Trinajstić information content (AvgIpc) is 3.24. The van der Waals surface area contributed by atoms with Gasteiger partial charge in [0.05, 0.1) is 18.3 Å². The number of pyridine rings is 1. The van der Waals surface area contributed by atoms with E-state index in [1.165, 1.54) is 0 Å². The summed E-state index contributed by atoms with van der Waals surface area (Å²) in [5, 5.41) is 5.94. The Morgan fingerprint density at radius 1 is 0.941 bits per heavy atom. The number of hydrogen-bond acceptors (Lipinski definition) is 3. The lowest BCUT2D eigenvalue weighted by molar-refractivity contribution is -0.115. The van der Waals surface area contributed by atoms with Crippen molar-refractivity contribution in [3.05, 3.63) is 108 Å². The first-order chi connectivity index (χ1) is 16.6. The van der Waals surface area contributed by atoms with Gasteiger partial charge in [-0.25, -0.2) is 4.98 Å². The van der Waals surface area contributed by atoms with Crippen molar-refractivity contribution in [2.24, 2.45) is 5.73 Å². The van der Waals surface area contributed by atoms with Gasteiger partial charge in [0.2, 0.25) is 11.8 Å². The Kier molecular flexibility index (Phi) is 5.62. The standard InChI is InChI=1S/C28H22N4O2/c29-27(34)24(20-7-2-1-3-8-20)14-22-16-30-28-25(22)15-23(17-31-28)32-26(33)13-18-10-11-19-6-4-5-9-21(19)12-18/h1-12,14-17H,13H2,(H2,29,34)(H,30,31)(H,32,33). The number of primary amides is 1. The molecule has 0 aliphatic rings. The molecule has 2 aromatic heterocycles. The van der Waals surface area contributed by atoms with Crippen molar-refractivity contribution in [2.75, 3.05) is 5.32 Å². The topological polar surface area (TPSA) is 101 Å². The van der Waals surface area contributed by atoms with Gasteiger partial charge in [0.15, 0.2) is 0 Å². The van der Waals surface area contributed by atoms with Gasteiger partial charge in [-0.1, -0.05) is 72.8 Å². The molecule has 0 atom stereocenters. The molecular weight excluding hydrogens is 424 g/mol. The number of nitrogens with one attached hydrogen (secondary N) is 2. The van der Waals surface area contributed by atoms with Crippen molar-refractivity contribution in [1.82, 2.24) is 9.97 Å².